The third-order valence-corrected chi connectivity index (χ3v) is 4.17. The first kappa shape index (κ1) is 15.5. The molecule has 0 aliphatic heterocycles. The van der Waals surface area contributed by atoms with Gasteiger partial charge in [0.05, 0.1) is 0 Å². The Morgan fingerprint density at radius 3 is 2.15 bits per heavy atom. The van der Waals surface area contributed by atoms with Gasteiger partial charge in [0, 0.05) is 9.61 Å². The zero-order valence-electron chi connectivity index (χ0n) is 12.4. The SMILES string of the molecule is CCNC(Cc1ccc(I)cc1)c1cc(C)cc(C)c1. The molecule has 0 aliphatic carbocycles. The minimum Gasteiger partial charge on any atom is -0.310 e. The average molecular weight is 379 g/mol. The standard InChI is InChI=1S/C18H22IN/c1-4-20-18(12-15-5-7-17(19)8-6-15)16-10-13(2)9-14(3)11-16/h5-11,18,20H,4,12H2,1-3H3. The number of hydrogen-bond acceptors (Lipinski definition) is 1. The molecule has 1 N–H and O–H groups in total. The van der Waals surface area contributed by atoms with Gasteiger partial charge in [0.15, 0.2) is 0 Å². The fourth-order valence-corrected chi connectivity index (χ4v) is 2.98. The van der Waals surface area contributed by atoms with Crippen LogP contribution in [-0.4, -0.2) is 6.54 Å². The van der Waals surface area contributed by atoms with Gasteiger partial charge in [0.2, 0.25) is 0 Å². The van der Waals surface area contributed by atoms with Crippen LogP contribution < -0.4 is 5.32 Å². The van der Waals surface area contributed by atoms with E-state index in [0.717, 1.165) is 13.0 Å². The van der Waals surface area contributed by atoms with Gasteiger partial charge in [-0.15, -0.1) is 0 Å². The Balaban J connectivity index is 2.23. The van der Waals surface area contributed by atoms with Gasteiger partial charge in [-0.05, 0) is 72.7 Å². The van der Waals surface area contributed by atoms with Crippen LogP contribution in [0.5, 0.6) is 0 Å². The van der Waals surface area contributed by atoms with Crippen LogP contribution in [0.15, 0.2) is 42.5 Å². The molecule has 0 bridgehead atoms. The van der Waals surface area contributed by atoms with Crippen molar-refractivity contribution in [3.8, 4) is 0 Å². The van der Waals surface area contributed by atoms with Crippen LogP contribution in [0.2, 0.25) is 0 Å². The van der Waals surface area contributed by atoms with Crippen LogP contribution in [0, 0.1) is 17.4 Å². The van der Waals surface area contributed by atoms with Gasteiger partial charge in [-0.1, -0.05) is 48.4 Å². The third kappa shape index (κ3) is 4.32. The van der Waals surface area contributed by atoms with Crippen LogP contribution in [0.25, 0.3) is 0 Å². The highest BCUT2D eigenvalue weighted by Gasteiger charge is 2.12. The van der Waals surface area contributed by atoms with Crippen molar-refractivity contribution in [2.75, 3.05) is 6.54 Å². The highest BCUT2D eigenvalue weighted by molar-refractivity contribution is 14.1. The number of rotatable bonds is 5. The lowest BCUT2D eigenvalue weighted by atomic mass is 9.96. The van der Waals surface area contributed by atoms with Crippen LogP contribution in [-0.2, 0) is 6.42 Å². The Morgan fingerprint density at radius 1 is 1.00 bits per heavy atom. The molecule has 2 aromatic rings. The molecule has 106 valence electrons. The summed E-state index contributed by atoms with van der Waals surface area (Å²) in [6, 6.07) is 16.0. The second-order valence-electron chi connectivity index (χ2n) is 5.36. The number of benzene rings is 2. The molecule has 2 heteroatoms. The third-order valence-electron chi connectivity index (χ3n) is 3.45. The zero-order valence-corrected chi connectivity index (χ0v) is 14.6. The minimum absolute atomic E-state index is 0.388. The Bertz CT molecular complexity index is 540. The van der Waals surface area contributed by atoms with E-state index in [2.05, 4.69) is 91.1 Å². The molecule has 0 aliphatic rings. The number of nitrogens with one attached hydrogen (secondary N) is 1. The predicted octanol–water partition coefficient (Wildman–Crippen LogP) is 4.80. The first-order valence-corrected chi connectivity index (χ1v) is 8.22. The van der Waals surface area contributed by atoms with Crippen LogP contribution in [0.3, 0.4) is 0 Å². The highest BCUT2D eigenvalue weighted by Crippen LogP contribution is 2.21. The topological polar surface area (TPSA) is 12.0 Å². The Kier molecular flexibility index (Phi) is 5.61. The molecule has 1 unspecified atom stereocenters. The molecular weight excluding hydrogens is 357 g/mol. The molecule has 0 radical (unpaired) electrons. The lowest BCUT2D eigenvalue weighted by Crippen LogP contribution is -2.23. The summed E-state index contributed by atoms with van der Waals surface area (Å²) in [6.07, 6.45) is 1.04. The van der Waals surface area contributed by atoms with E-state index in [0.29, 0.717) is 6.04 Å². The number of halogens is 1. The van der Waals surface area contributed by atoms with Crippen LogP contribution in [0.1, 0.15) is 35.2 Å². The summed E-state index contributed by atoms with van der Waals surface area (Å²) in [7, 11) is 0. The minimum atomic E-state index is 0.388. The molecule has 0 aromatic heterocycles. The first-order valence-electron chi connectivity index (χ1n) is 7.14. The summed E-state index contributed by atoms with van der Waals surface area (Å²) in [6.45, 7) is 7.50. The van der Waals surface area contributed by atoms with Gasteiger partial charge >= 0.3 is 0 Å². The van der Waals surface area contributed by atoms with E-state index in [1.807, 2.05) is 0 Å². The molecule has 1 atom stereocenters. The molecule has 1 nitrogen and oxygen atoms in total. The number of hydrogen-bond donors (Lipinski definition) is 1. The van der Waals surface area contributed by atoms with Gasteiger partial charge in [0.1, 0.15) is 0 Å². The van der Waals surface area contributed by atoms with Crippen molar-refractivity contribution < 1.29 is 0 Å². The summed E-state index contributed by atoms with van der Waals surface area (Å²) in [5, 5.41) is 3.61. The molecule has 2 aromatic carbocycles. The zero-order chi connectivity index (χ0) is 14.5. The Labute approximate surface area is 135 Å². The summed E-state index contributed by atoms with van der Waals surface area (Å²) < 4.78 is 1.29. The van der Waals surface area contributed by atoms with E-state index >= 15 is 0 Å². The molecule has 0 spiro atoms. The summed E-state index contributed by atoms with van der Waals surface area (Å²) >= 11 is 2.35. The van der Waals surface area contributed by atoms with Crippen molar-refractivity contribution >= 4 is 22.6 Å². The largest absolute Gasteiger partial charge is 0.310 e. The maximum absolute atomic E-state index is 3.61. The average Bonchev–Trinajstić information content (AvgIpc) is 2.39. The summed E-state index contributed by atoms with van der Waals surface area (Å²) in [5.74, 6) is 0. The van der Waals surface area contributed by atoms with Crippen molar-refractivity contribution in [3.05, 3.63) is 68.3 Å². The summed E-state index contributed by atoms with van der Waals surface area (Å²) in [5.41, 5.74) is 5.45. The van der Waals surface area contributed by atoms with Gasteiger partial charge in [-0.25, -0.2) is 0 Å². The van der Waals surface area contributed by atoms with Crippen molar-refractivity contribution in [3.63, 3.8) is 0 Å². The smallest absolute Gasteiger partial charge is 0.0360 e. The van der Waals surface area contributed by atoms with E-state index in [9.17, 15) is 0 Å². The van der Waals surface area contributed by atoms with Gasteiger partial charge in [-0.3, -0.25) is 0 Å². The molecule has 0 heterocycles. The molecule has 0 amide bonds. The number of likely N-dealkylation sites (N-methyl/N-ethyl adjacent to an activating group) is 1. The molecule has 0 fully saturated rings. The van der Waals surface area contributed by atoms with Crippen molar-refractivity contribution in [2.24, 2.45) is 0 Å². The molecular formula is C18H22IN. The normalized spacial score (nSPS) is 12.4. The molecule has 0 saturated heterocycles. The second kappa shape index (κ2) is 7.23. The Morgan fingerprint density at radius 2 is 1.60 bits per heavy atom. The lowest BCUT2D eigenvalue weighted by molar-refractivity contribution is 0.549. The predicted molar refractivity (Wildman–Crippen MR) is 95.2 cm³/mol. The van der Waals surface area contributed by atoms with Crippen molar-refractivity contribution in [2.45, 2.75) is 33.2 Å². The fraction of sp³-hybridized carbons (Fsp3) is 0.333. The van der Waals surface area contributed by atoms with Crippen LogP contribution in [0.4, 0.5) is 0 Å². The van der Waals surface area contributed by atoms with Gasteiger partial charge < -0.3 is 5.32 Å². The quantitative estimate of drug-likeness (QED) is 0.736. The van der Waals surface area contributed by atoms with Gasteiger partial charge in [-0.2, -0.15) is 0 Å². The maximum atomic E-state index is 3.61. The molecule has 20 heavy (non-hydrogen) atoms. The van der Waals surface area contributed by atoms with Gasteiger partial charge in [0.25, 0.3) is 0 Å². The maximum Gasteiger partial charge on any atom is 0.0360 e. The Hall–Kier alpha value is -0.870. The molecule has 0 saturated carbocycles. The monoisotopic (exact) mass is 379 g/mol. The van der Waals surface area contributed by atoms with E-state index in [-0.39, 0.29) is 0 Å². The lowest BCUT2D eigenvalue weighted by Gasteiger charge is -2.20. The van der Waals surface area contributed by atoms with E-state index in [4.69, 9.17) is 0 Å². The van der Waals surface area contributed by atoms with E-state index in [1.54, 1.807) is 0 Å². The fourth-order valence-electron chi connectivity index (χ4n) is 2.62. The summed E-state index contributed by atoms with van der Waals surface area (Å²) in [4.78, 5) is 0. The number of aryl methyl sites for hydroxylation is 2. The van der Waals surface area contributed by atoms with E-state index in [1.165, 1.54) is 25.8 Å². The highest BCUT2D eigenvalue weighted by atomic mass is 127. The van der Waals surface area contributed by atoms with Crippen molar-refractivity contribution in [1.82, 2.24) is 5.32 Å². The van der Waals surface area contributed by atoms with Crippen LogP contribution >= 0.6 is 22.6 Å². The van der Waals surface area contributed by atoms with E-state index < -0.39 is 0 Å². The first-order chi connectivity index (χ1) is 9.58. The van der Waals surface area contributed by atoms with Crippen molar-refractivity contribution in [1.29, 1.82) is 0 Å². The molecule has 2 rings (SSSR count). The second-order valence-corrected chi connectivity index (χ2v) is 6.61.